The Balaban J connectivity index is 0. The van der Waals surface area contributed by atoms with Crippen LogP contribution in [0.15, 0.2) is 0 Å². The molecule has 0 atom stereocenters. The molecule has 0 aromatic rings. The van der Waals surface area contributed by atoms with Gasteiger partial charge >= 0.3 is 71.4 Å². The molecule has 0 aromatic carbocycles. The Kier molecular flexibility index (Phi) is 10.2. The van der Waals surface area contributed by atoms with Crippen molar-refractivity contribution >= 4 is 0 Å². The summed E-state index contributed by atoms with van der Waals surface area (Å²) in [6.07, 6.45) is -8.16. The predicted molar refractivity (Wildman–Crippen MR) is 78.5 cm³/mol. The van der Waals surface area contributed by atoms with E-state index in [0.29, 0.717) is 0 Å². The van der Waals surface area contributed by atoms with Crippen LogP contribution in [0.4, 0.5) is 110 Å². The maximum absolute atomic E-state index is 13.7. The van der Waals surface area contributed by atoms with Crippen molar-refractivity contribution in [1.29, 1.82) is 0 Å². The largest absolute Gasteiger partial charge is 1.00 e. The summed E-state index contributed by atoms with van der Waals surface area (Å²) in [5, 5.41) is 0. The average molecular weight is 714 g/mol. The highest BCUT2D eigenvalue weighted by molar-refractivity contribution is 5.19. The fourth-order valence-electron chi connectivity index (χ4n) is 2.37. The minimum atomic E-state index is -9.57. The second-order valence-electron chi connectivity index (χ2n) is 8.80. The maximum atomic E-state index is 13.7. The van der Waals surface area contributed by atoms with Gasteiger partial charge in [0.25, 0.3) is 0 Å². The second kappa shape index (κ2) is 10.0. The van der Waals surface area contributed by atoms with Crippen molar-refractivity contribution in [3.8, 4) is 0 Å². The first-order chi connectivity index (χ1) is 17.0. The number of rotatable bonds is 11. The quantitative estimate of drug-likeness (QED) is 0.157. The van der Waals surface area contributed by atoms with Gasteiger partial charge in [-0.3, -0.25) is 4.48 Å². The Labute approximate surface area is 220 Å². The first-order valence-corrected chi connectivity index (χ1v) is 9.04. The molecule has 0 heterocycles. The van der Waals surface area contributed by atoms with Crippen molar-refractivity contribution in [2.75, 3.05) is 21.1 Å². The van der Waals surface area contributed by atoms with Crippen LogP contribution in [0.25, 0.3) is 0 Å². The lowest BCUT2D eigenvalue weighted by molar-refractivity contribution is -0.975. The smallest absolute Gasteiger partial charge is 0.461 e. The number of alkyl halides is 25. The van der Waals surface area contributed by atoms with E-state index in [0.717, 1.165) is 0 Å². The van der Waals surface area contributed by atoms with Crippen LogP contribution in [-0.4, -0.2) is 97.1 Å². The second-order valence-corrected chi connectivity index (χ2v) is 8.80. The normalized spacial score (nSPS) is 16.9. The fraction of sp³-hybridized carbons (Fsp3) is 1.00. The molecule has 0 unspecified atom stereocenters. The third kappa shape index (κ3) is 4.77. The summed E-state index contributed by atoms with van der Waals surface area (Å²) in [6.45, 7) is 0. The molecular formula is C15H9ClF25N. The van der Waals surface area contributed by atoms with Gasteiger partial charge in [-0.25, -0.2) is 0 Å². The summed E-state index contributed by atoms with van der Waals surface area (Å²) in [5.74, 6) is -91.2. The molecule has 0 radical (unpaired) electrons. The molecule has 0 aliphatic rings. The fourth-order valence-corrected chi connectivity index (χ4v) is 2.37. The lowest BCUT2D eigenvalue weighted by Crippen LogP contribution is -3.00. The molecule has 27 heteroatoms. The zero-order chi connectivity index (χ0) is 34.5. The standard InChI is InChI=1S/C15H9F25N.ClH/c1-41(2,3)15(39,40)13(34,35)11(30,31)9(26,27)7(22,23)5(18,19)4(16,17)6(20,21)8(24,25)10(28,29)12(32,33)14(36,37)38;/h1-3H3;1H/q+1;/p-1. The Hall–Kier alpha value is -1.50. The average Bonchev–Trinajstić information content (AvgIpc) is 2.70. The van der Waals surface area contributed by atoms with Crippen LogP contribution in [-0.2, 0) is 0 Å². The minimum absolute atomic E-state index is 0. The molecule has 0 saturated heterocycles. The van der Waals surface area contributed by atoms with Crippen molar-refractivity contribution < 1.29 is 127 Å². The van der Waals surface area contributed by atoms with Gasteiger partial charge in [-0.2, -0.15) is 101 Å². The molecule has 0 N–H and O–H groups in total. The van der Waals surface area contributed by atoms with E-state index < -0.39 is 75.9 Å². The number of nitrogens with zero attached hydrogens (tertiary/aromatic N) is 1. The molecule has 0 amide bonds. The first-order valence-electron chi connectivity index (χ1n) is 9.04. The van der Waals surface area contributed by atoms with Gasteiger partial charge in [0.15, 0.2) is 0 Å². The highest BCUT2D eigenvalue weighted by Crippen LogP contribution is 2.67. The van der Waals surface area contributed by atoms with Gasteiger partial charge in [0.2, 0.25) is 0 Å². The molecule has 42 heavy (non-hydrogen) atoms. The first kappa shape index (κ1) is 42.6. The summed E-state index contributed by atoms with van der Waals surface area (Å²) < 4.78 is 330. The molecule has 0 spiro atoms. The molecule has 0 aromatic heterocycles. The lowest BCUT2D eigenvalue weighted by Gasteiger charge is -2.46. The van der Waals surface area contributed by atoms with Crippen molar-refractivity contribution in [2.45, 2.75) is 71.4 Å². The summed E-state index contributed by atoms with van der Waals surface area (Å²) in [7, 11) is -0.867. The minimum Gasteiger partial charge on any atom is -1.00 e. The van der Waals surface area contributed by atoms with E-state index in [9.17, 15) is 110 Å². The zero-order valence-electron chi connectivity index (χ0n) is 19.3. The van der Waals surface area contributed by atoms with Crippen molar-refractivity contribution in [3.63, 3.8) is 0 Å². The molecule has 0 aliphatic carbocycles. The summed E-state index contributed by atoms with van der Waals surface area (Å²) >= 11 is 0. The van der Waals surface area contributed by atoms with Gasteiger partial charge < -0.3 is 12.4 Å². The SMILES string of the molecule is C[N+](C)(C)C(F)(F)C(F)(F)C(F)(F)C(F)(F)C(F)(F)C(F)(F)C(F)(F)C(F)(F)C(F)(F)C(F)(F)C(F)(F)C(F)(F)F.[Cl-]. The van der Waals surface area contributed by atoms with Gasteiger partial charge in [-0.15, -0.1) is 8.78 Å². The monoisotopic (exact) mass is 713 g/mol. The summed E-state index contributed by atoms with van der Waals surface area (Å²) in [4.78, 5) is 0. The molecule has 0 aliphatic heterocycles. The number of quaternary nitrogens is 1. The van der Waals surface area contributed by atoms with Crippen molar-refractivity contribution in [2.24, 2.45) is 0 Å². The van der Waals surface area contributed by atoms with Gasteiger partial charge in [0.05, 0.1) is 21.1 Å². The Morgan fingerprint density at radius 2 is 0.405 bits per heavy atom. The van der Waals surface area contributed by atoms with Gasteiger partial charge in [-0.1, -0.05) is 0 Å². The third-order valence-corrected chi connectivity index (χ3v) is 5.13. The van der Waals surface area contributed by atoms with E-state index in [4.69, 9.17) is 0 Å². The lowest BCUT2D eigenvalue weighted by atomic mass is 9.85. The Bertz CT molecular complexity index is 893. The highest BCUT2D eigenvalue weighted by atomic mass is 35.5. The molecular weight excluding hydrogens is 705 g/mol. The van der Waals surface area contributed by atoms with Crippen LogP contribution in [0.2, 0.25) is 0 Å². The molecule has 0 bridgehead atoms. The van der Waals surface area contributed by atoms with E-state index in [1.807, 2.05) is 0 Å². The zero-order valence-corrected chi connectivity index (χ0v) is 20.0. The van der Waals surface area contributed by atoms with E-state index in [-0.39, 0.29) is 33.6 Å². The third-order valence-electron chi connectivity index (χ3n) is 5.13. The van der Waals surface area contributed by atoms with E-state index in [1.165, 1.54) is 0 Å². The molecule has 1 nitrogen and oxygen atoms in total. The van der Waals surface area contributed by atoms with E-state index >= 15 is 0 Å². The van der Waals surface area contributed by atoms with Crippen LogP contribution in [0.3, 0.4) is 0 Å². The van der Waals surface area contributed by atoms with Crippen LogP contribution in [0.1, 0.15) is 0 Å². The highest BCUT2D eigenvalue weighted by Gasteiger charge is 3.00. The summed E-state index contributed by atoms with van der Waals surface area (Å²) in [5.41, 5.74) is 0. The van der Waals surface area contributed by atoms with Gasteiger partial charge in [0.1, 0.15) is 0 Å². The van der Waals surface area contributed by atoms with Crippen LogP contribution >= 0.6 is 0 Å². The number of hydrogen-bond donors (Lipinski definition) is 0. The number of halogens is 26. The topological polar surface area (TPSA) is 0 Å². The Morgan fingerprint density at radius 1 is 0.262 bits per heavy atom. The molecule has 0 saturated carbocycles. The number of hydrogen-bond acceptors (Lipinski definition) is 0. The molecule has 256 valence electrons. The van der Waals surface area contributed by atoms with Crippen molar-refractivity contribution in [3.05, 3.63) is 0 Å². The van der Waals surface area contributed by atoms with Crippen molar-refractivity contribution in [1.82, 2.24) is 0 Å². The van der Waals surface area contributed by atoms with Gasteiger partial charge in [0, 0.05) is 0 Å². The molecule has 0 fully saturated rings. The van der Waals surface area contributed by atoms with Crippen LogP contribution < -0.4 is 12.4 Å². The van der Waals surface area contributed by atoms with E-state index in [1.54, 1.807) is 0 Å². The Morgan fingerprint density at radius 3 is 0.548 bits per heavy atom. The maximum Gasteiger partial charge on any atom is 0.461 e. The molecule has 0 rings (SSSR count). The van der Waals surface area contributed by atoms with E-state index in [2.05, 4.69) is 0 Å². The summed E-state index contributed by atoms with van der Waals surface area (Å²) in [6, 6.07) is -6.81. The van der Waals surface area contributed by atoms with Crippen LogP contribution in [0, 0.1) is 0 Å². The van der Waals surface area contributed by atoms with Crippen LogP contribution in [0.5, 0.6) is 0 Å². The van der Waals surface area contributed by atoms with Gasteiger partial charge in [-0.05, 0) is 0 Å². The predicted octanol–water partition coefficient (Wildman–Crippen LogP) is 5.20.